The molecule has 196 valence electrons. The van der Waals surface area contributed by atoms with E-state index in [1.807, 2.05) is 48.5 Å². The summed E-state index contributed by atoms with van der Waals surface area (Å²) in [6.07, 6.45) is 0. The Labute approximate surface area is 240 Å². The summed E-state index contributed by atoms with van der Waals surface area (Å²) >= 11 is 3.73. The fourth-order valence-corrected chi connectivity index (χ4v) is 5.96. The first-order valence-electron chi connectivity index (χ1n) is 13.3. The third-order valence-corrected chi connectivity index (χ3v) is 8.21. The number of nitrogens with zero attached hydrogens (tertiary/aromatic N) is 2. The van der Waals surface area contributed by atoms with Crippen LogP contribution in [0.2, 0.25) is 0 Å². The zero-order valence-corrected chi connectivity index (χ0v) is 24.0. The summed E-state index contributed by atoms with van der Waals surface area (Å²) in [5, 5.41) is 13.3. The van der Waals surface area contributed by atoms with Gasteiger partial charge in [-0.3, -0.25) is 4.57 Å². The molecule has 0 amide bonds. The van der Waals surface area contributed by atoms with Crippen molar-refractivity contribution in [3.8, 4) is 34.0 Å². The molecule has 5 aromatic carbocycles. The molecule has 0 unspecified atom stereocenters. The quantitative estimate of drug-likeness (QED) is 0.224. The molecule has 0 radical (unpaired) electrons. The van der Waals surface area contributed by atoms with Crippen molar-refractivity contribution in [2.24, 2.45) is 0 Å². The molecule has 0 spiro atoms. The molecule has 7 rings (SSSR count). The topological polar surface area (TPSA) is 51.2 Å². The number of imidazole rings is 1. The van der Waals surface area contributed by atoms with Gasteiger partial charge >= 0.3 is 0 Å². The molecule has 7 aromatic rings. The van der Waals surface area contributed by atoms with E-state index in [-0.39, 0.29) is 11.2 Å². The van der Waals surface area contributed by atoms with Gasteiger partial charge in [0.05, 0.1) is 11.2 Å². The van der Waals surface area contributed by atoms with Gasteiger partial charge in [-0.25, -0.2) is 4.98 Å². The first-order valence-corrected chi connectivity index (χ1v) is 14.1. The Balaban J connectivity index is 1.62. The van der Waals surface area contributed by atoms with E-state index in [9.17, 15) is 5.11 Å². The second kappa shape index (κ2) is 9.10. The predicted molar refractivity (Wildman–Crippen MR) is 167 cm³/mol. The van der Waals surface area contributed by atoms with Crippen LogP contribution in [0.4, 0.5) is 0 Å². The number of hydrogen-bond donors (Lipinski definition) is 1. The molecule has 0 saturated heterocycles. The molecule has 0 aliphatic heterocycles. The van der Waals surface area contributed by atoms with E-state index in [1.54, 1.807) is 6.07 Å². The highest BCUT2D eigenvalue weighted by Crippen LogP contribution is 2.44. The molecule has 0 bridgehead atoms. The van der Waals surface area contributed by atoms with Crippen molar-refractivity contribution in [2.45, 2.75) is 26.2 Å². The highest BCUT2D eigenvalue weighted by atomic mass is 79.9. The van der Waals surface area contributed by atoms with Crippen molar-refractivity contribution in [1.82, 2.24) is 9.55 Å². The Morgan fingerprint density at radius 3 is 2.38 bits per heavy atom. The minimum absolute atomic E-state index is 0.0247. The first kappa shape index (κ1) is 24.7. The number of rotatable bonds is 3. The summed E-state index contributed by atoms with van der Waals surface area (Å²) in [5.41, 5.74) is 8.07. The van der Waals surface area contributed by atoms with Crippen LogP contribution < -0.4 is 0 Å². The number of phenolic OH excluding ortho intramolecular Hbond substituents is 1. The molecule has 40 heavy (non-hydrogen) atoms. The van der Waals surface area contributed by atoms with E-state index in [1.165, 1.54) is 5.56 Å². The van der Waals surface area contributed by atoms with Gasteiger partial charge in [0, 0.05) is 20.8 Å². The second-order valence-corrected chi connectivity index (χ2v) is 12.0. The molecule has 5 heteroatoms. The SMILES string of the molecule is CC(C)(C)c1ccc(-n2c(-c3c(O)ccc4c3oc3ccccc34)nc3c(Br)cccc32)c(-c2ccccc2)c1. The van der Waals surface area contributed by atoms with Gasteiger partial charge in [-0.05, 0) is 74.9 Å². The number of halogens is 1. The van der Waals surface area contributed by atoms with Gasteiger partial charge in [-0.1, -0.05) is 81.4 Å². The van der Waals surface area contributed by atoms with E-state index < -0.39 is 0 Å². The summed E-state index contributed by atoms with van der Waals surface area (Å²) in [4.78, 5) is 5.14. The number of aromatic nitrogens is 2. The zero-order chi connectivity index (χ0) is 27.6. The van der Waals surface area contributed by atoms with Crippen molar-refractivity contribution >= 4 is 48.9 Å². The zero-order valence-electron chi connectivity index (χ0n) is 22.4. The molecule has 0 atom stereocenters. The molecule has 2 heterocycles. The molecule has 0 fully saturated rings. The van der Waals surface area contributed by atoms with E-state index in [0.717, 1.165) is 48.7 Å². The highest BCUT2D eigenvalue weighted by Gasteiger charge is 2.26. The maximum absolute atomic E-state index is 11.4. The average molecular weight is 588 g/mol. The van der Waals surface area contributed by atoms with Crippen molar-refractivity contribution in [1.29, 1.82) is 0 Å². The lowest BCUT2D eigenvalue weighted by Gasteiger charge is -2.23. The summed E-state index contributed by atoms with van der Waals surface area (Å²) in [5.74, 6) is 0.733. The van der Waals surface area contributed by atoms with Crippen LogP contribution in [0.5, 0.6) is 5.75 Å². The molecular weight excluding hydrogens is 560 g/mol. The Bertz CT molecular complexity index is 2060. The summed E-state index contributed by atoms with van der Waals surface area (Å²) < 4.78 is 9.42. The van der Waals surface area contributed by atoms with Gasteiger partial charge in [0.25, 0.3) is 0 Å². The van der Waals surface area contributed by atoms with E-state index in [4.69, 9.17) is 9.40 Å². The summed E-state index contributed by atoms with van der Waals surface area (Å²) in [6.45, 7) is 6.69. The number of phenols is 1. The lowest BCUT2D eigenvalue weighted by Crippen LogP contribution is -2.12. The monoisotopic (exact) mass is 586 g/mol. The maximum atomic E-state index is 11.4. The normalized spacial score (nSPS) is 12.1. The Morgan fingerprint density at radius 2 is 1.57 bits per heavy atom. The van der Waals surface area contributed by atoms with Crippen molar-refractivity contribution in [2.75, 3.05) is 0 Å². The Hall–Kier alpha value is -4.35. The minimum atomic E-state index is -0.0247. The van der Waals surface area contributed by atoms with Crippen molar-refractivity contribution in [3.05, 3.63) is 113 Å². The van der Waals surface area contributed by atoms with Crippen LogP contribution >= 0.6 is 15.9 Å². The van der Waals surface area contributed by atoms with Crippen LogP contribution in [0.3, 0.4) is 0 Å². The molecule has 0 saturated carbocycles. The lowest BCUT2D eigenvalue weighted by molar-refractivity contribution is 0.476. The molecule has 1 N–H and O–H groups in total. The first-order chi connectivity index (χ1) is 19.3. The van der Waals surface area contributed by atoms with Gasteiger partial charge in [0.1, 0.15) is 28.0 Å². The third kappa shape index (κ3) is 3.84. The molecular formula is C35H27BrN2O2. The summed E-state index contributed by atoms with van der Waals surface area (Å²) in [6, 6.07) is 34.7. The van der Waals surface area contributed by atoms with Gasteiger partial charge in [-0.15, -0.1) is 0 Å². The van der Waals surface area contributed by atoms with E-state index in [2.05, 4.69) is 89.8 Å². The third-order valence-electron chi connectivity index (χ3n) is 7.57. The molecule has 4 nitrogen and oxygen atoms in total. The van der Waals surface area contributed by atoms with Crippen LogP contribution in [0.1, 0.15) is 26.3 Å². The van der Waals surface area contributed by atoms with Gasteiger partial charge in [0.15, 0.2) is 5.82 Å². The number of benzene rings is 5. The largest absolute Gasteiger partial charge is 0.507 e. The fourth-order valence-electron chi connectivity index (χ4n) is 5.52. The number of furan rings is 1. The number of para-hydroxylation sites is 2. The Kier molecular flexibility index (Phi) is 5.62. The Morgan fingerprint density at radius 1 is 0.800 bits per heavy atom. The van der Waals surface area contributed by atoms with Crippen LogP contribution in [0.15, 0.2) is 112 Å². The fraction of sp³-hybridized carbons (Fsp3) is 0.114. The molecule has 0 aliphatic carbocycles. The number of fused-ring (bicyclic) bond motifs is 4. The van der Waals surface area contributed by atoms with Crippen LogP contribution in [-0.4, -0.2) is 14.7 Å². The number of hydrogen-bond acceptors (Lipinski definition) is 3. The predicted octanol–water partition coefficient (Wildman–Crippen LogP) is 10.0. The second-order valence-electron chi connectivity index (χ2n) is 11.2. The average Bonchev–Trinajstić information content (AvgIpc) is 3.52. The standard InChI is InChI=1S/C35H27BrN2O2/c1-35(2,3)22-16-18-27(25(20-22)21-10-5-4-6-11-21)38-28-14-9-13-26(36)32(28)37-34(38)31-29(39)19-17-24-23-12-7-8-15-30(23)40-33(24)31/h4-20,39H,1-3H3. The van der Waals surface area contributed by atoms with Crippen LogP contribution in [0, 0.1) is 0 Å². The maximum Gasteiger partial charge on any atom is 0.153 e. The minimum Gasteiger partial charge on any atom is -0.507 e. The van der Waals surface area contributed by atoms with Gasteiger partial charge in [-0.2, -0.15) is 0 Å². The van der Waals surface area contributed by atoms with Crippen molar-refractivity contribution in [3.63, 3.8) is 0 Å². The highest BCUT2D eigenvalue weighted by molar-refractivity contribution is 9.10. The molecule has 2 aromatic heterocycles. The molecule has 0 aliphatic rings. The van der Waals surface area contributed by atoms with Crippen LogP contribution in [-0.2, 0) is 5.41 Å². The van der Waals surface area contributed by atoms with Crippen molar-refractivity contribution < 1.29 is 9.52 Å². The van der Waals surface area contributed by atoms with E-state index in [0.29, 0.717) is 17.0 Å². The van der Waals surface area contributed by atoms with Gasteiger partial charge in [0.2, 0.25) is 0 Å². The van der Waals surface area contributed by atoms with E-state index >= 15 is 0 Å². The number of aromatic hydroxyl groups is 1. The lowest BCUT2D eigenvalue weighted by atomic mass is 9.85. The summed E-state index contributed by atoms with van der Waals surface area (Å²) in [7, 11) is 0. The van der Waals surface area contributed by atoms with Crippen LogP contribution in [0.25, 0.3) is 61.2 Å². The smallest absolute Gasteiger partial charge is 0.153 e. The van der Waals surface area contributed by atoms with Gasteiger partial charge < -0.3 is 9.52 Å².